The van der Waals surface area contributed by atoms with Crippen LogP contribution in [0.1, 0.15) is 24.5 Å². The third kappa shape index (κ3) is 4.35. The van der Waals surface area contributed by atoms with E-state index in [0.29, 0.717) is 18.5 Å². The first-order valence-corrected chi connectivity index (χ1v) is 7.34. The molecule has 4 heteroatoms. The molecule has 2 rings (SSSR count). The van der Waals surface area contributed by atoms with Crippen molar-refractivity contribution in [1.29, 1.82) is 5.26 Å². The summed E-state index contributed by atoms with van der Waals surface area (Å²) in [6.07, 6.45) is 1.25. The average molecular weight is 293 g/mol. The molecule has 0 spiro atoms. The number of anilines is 2. The molecule has 0 aliphatic rings. The van der Waals surface area contributed by atoms with Gasteiger partial charge in [-0.25, -0.2) is 0 Å². The van der Waals surface area contributed by atoms with Crippen molar-refractivity contribution in [2.75, 3.05) is 17.2 Å². The minimum absolute atomic E-state index is 0.0233. The van der Waals surface area contributed by atoms with Gasteiger partial charge in [-0.1, -0.05) is 31.2 Å². The molecule has 0 saturated heterocycles. The van der Waals surface area contributed by atoms with E-state index >= 15 is 0 Å². The molecule has 2 N–H and O–H groups in total. The third-order valence-electron chi connectivity index (χ3n) is 3.35. The van der Waals surface area contributed by atoms with Gasteiger partial charge in [0.2, 0.25) is 5.91 Å². The maximum atomic E-state index is 12.0. The highest BCUT2D eigenvalue weighted by Gasteiger charge is 2.05. The van der Waals surface area contributed by atoms with Gasteiger partial charge in [0.25, 0.3) is 0 Å². The first-order valence-electron chi connectivity index (χ1n) is 7.34. The molecule has 22 heavy (non-hydrogen) atoms. The predicted molar refractivity (Wildman–Crippen MR) is 88.7 cm³/mol. The van der Waals surface area contributed by atoms with Crippen LogP contribution in [0.25, 0.3) is 0 Å². The Bertz CT molecular complexity index is 689. The van der Waals surface area contributed by atoms with Crippen molar-refractivity contribution in [3.63, 3.8) is 0 Å². The molecule has 112 valence electrons. The van der Waals surface area contributed by atoms with Crippen LogP contribution in [-0.4, -0.2) is 12.5 Å². The zero-order chi connectivity index (χ0) is 15.8. The molecule has 0 fully saturated rings. The fraction of sp³-hybridized carbons (Fsp3) is 0.222. The molecular weight excluding hydrogens is 274 g/mol. The fourth-order valence-corrected chi connectivity index (χ4v) is 2.18. The molecule has 0 heterocycles. The second kappa shape index (κ2) is 7.84. The quantitative estimate of drug-likeness (QED) is 0.856. The van der Waals surface area contributed by atoms with E-state index in [-0.39, 0.29) is 5.91 Å². The van der Waals surface area contributed by atoms with E-state index in [4.69, 9.17) is 5.26 Å². The third-order valence-corrected chi connectivity index (χ3v) is 3.35. The Morgan fingerprint density at radius 3 is 2.77 bits per heavy atom. The van der Waals surface area contributed by atoms with Crippen LogP contribution >= 0.6 is 0 Å². The summed E-state index contributed by atoms with van der Waals surface area (Å²) in [4.78, 5) is 12.0. The maximum absolute atomic E-state index is 12.0. The highest BCUT2D eigenvalue weighted by atomic mass is 16.1. The number of para-hydroxylation sites is 1. The zero-order valence-electron chi connectivity index (χ0n) is 12.6. The van der Waals surface area contributed by atoms with Crippen LogP contribution in [0.3, 0.4) is 0 Å². The van der Waals surface area contributed by atoms with Crippen molar-refractivity contribution in [3.05, 3.63) is 59.7 Å². The summed E-state index contributed by atoms with van der Waals surface area (Å²) in [6, 6.07) is 17.1. The molecule has 0 unspecified atom stereocenters. The lowest BCUT2D eigenvalue weighted by Gasteiger charge is -2.10. The number of rotatable bonds is 6. The van der Waals surface area contributed by atoms with E-state index in [1.165, 1.54) is 0 Å². The molecule has 4 nitrogen and oxygen atoms in total. The van der Waals surface area contributed by atoms with Crippen molar-refractivity contribution in [2.24, 2.45) is 0 Å². The molecule has 0 saturated carbocycles. The Morgan fingerprint density at radius 1 is 1.18 bits per heavy atom. The van der Waals surface area contributed by atoms with Gasteiger partial charge in [-0.3, -0.25) is 4.79 Å². The van der Waals surface area contributed by atoms with Crippen LogP contribution in [0.2, 0.25) is 0 Å². The molecule has 0 bridgehead atoms. The molecule has 1 amide bonds. The van der Waals surface area contributed by atoms with E-state index in [1.54, 1.807) is 12.1 Å². The molecule has 0 aromatic heterocycles. The fourth-order valence-electron chi connectivity index (χ4n) is 2.18. The molecule has 0 radical (unpaired) electrons. The van der Waals surface area contributed by atoms with Crippen molar-refractivity contribution >= 4 is 17.3 Å². The van der Waals surface area contributed by atoms with Gasteiger partial charge in [-0.15, -0.1) is 0 Å². The number of hydrogen-bond donors (Lipinski definition) is 2. The summed E-state index contributed by atoms with van der Waals surface area (Å²) in [5, 5.41) is 14.9. The lowest BCUT2D eigenvalue weighted by Crippen LogP contribution is -2.17. The first kappa shape index (κ1) is 15.6. The minimum atomic E-state index is -0.0233. The summed E-state index contributed by atoms with van der Waals surface area (Å²) in [5.74, 6) is -0.0233. The Balaban J connectivity index is 1.84. The second-order valence-electron chi connectivity index (χ2n) is 4.93. The predicted octanol–water partition coefficient (Wildman–Crippen LogP) is 3.56. The Morgan fingerprint density at radius 2 is 2.00 bits per heavy atom. The number of carbonyl (C=O) groups excluding carboxylic acids is 1. The average Bonchev–Trinajstić information content (AvgIpc) is 2.55. The van der Waals surface area contributed by atoms with Crippen molar-refractivity contribution in [1.82, 2.24) is 0 Å². The number of nitrogens with zero attached hydrogens (tertiary/aromatic N) is 1. The lowest BCUT2D eigenvalue weighted by molar-refractivity contribution is -0.115. The number of hydrogen-bond acceptors (Lipinski definition) is 3. The van der Waals surface area contributed by atoms with Gasteiger partial charge < -0.3 is 10.6 Å². The highest BCUT2D eigenvalue weighted by Crippen LogP contribution is 2.15. The van der Waals surface area contributed by atoms with Gasteiger partial charge in [0.1, 0.15) is 0 Å². The van der Waals surface area contributed by atoms with Gasteiger partial charge in [0.15, 0.2) is 0 Å². The number of benzene rings is 2. The number of nitriles is 1. The largest absolute Gasteiger partial charge is 0.384 e. The van der Waals surface area contributed by atoms with Crippen molar-refractivity contribution in [2.45, 2.75) is 19.8 Å². The molecule has 2 aromatic rings. The molecular formula is C18H19N3O. The smallest absolute Gasteiger partial charge is 0.226 e. The molecule has 2 aromatic carbocycles. The summed E-state index contributed by atoms with van der Waals surface area (Å²) >= 11 is 0. The second-order valence-corrected chi connectivity index (χ2v) is 4.93. The Labute approximate surface area is 130 Å². The summed E-state index contributed by atoms with van der Waals surface area (Å²) < 4.78 is 0. The minimum Gasteiger partial charge on any atom is -0.384 e. The summed E-state index contributed by atoms with van der Waals surface area (Å²) in [6.45, 7) is 2.59. The molecule has 0 aliphatic heterocycles. The van der Waals surface area contributed by atoms with Crippen LogP contribution in [0.15, 0.2) is 48.5 Å². The topological polar surface area (TPSA) is 64.9 Å². The van der Waals surface area contributed by atoms with Crippen LogP contribution in [0.4, 0.5) is 11.4 Å². The van der Waals surface area contributed by atoms with Gasteiger partial charge >= 0.3 is 0 Å². The van der Waals surface area contributed by atoms with Gasteiger partial charge in [0, 0.05) is 24.3 Å². The van der Waals surface area contributed by atoms with Crippen LogP contribution in [-0.2, 0) is 11.2 Å². The van der Waals surface area contributed by atoms with E-state index in [1.807, 2.05) is 36.4 Å². The van der Waals surface area contributed by atoms with Crippen LogP contribution < -0.4 is 10.6 Å². The van der Waals surface area contributed by atoms with Crippen molar-refractivity contribution in [3.8, 4) is 6.07 Å². The maximum Gasteiger partial charge on any atom is 0.226 e. The zero-order valence-corrected chi connectivity index (χ0v) is 12.6. The number of aryl methyl sites for hydroxylation is 1. The monoisotopic (exact) mass is 293 g/mol. The van der Waals surface area contributed by atoms with Gasteiger partial charge in [-0.05, 0) is 36.2 Å². The molecule has 0 aliphatic carbocycles. The summed E-state index contributed by atoms with van der Waals surface area (Å²) in [7, 11) is 0. The normalized spacial score (nSPS) is 9.82. The van der Waals surface area contributed by atoms with E-state index in [0.717, 1.165) is 23.4 Å². The first-order chi connectivity index (χ1) is 10.7. The Kier molecular flexibility index (Phi) is 5.56. The highest BCUT2D eigenvalue weighted by molar-refractivity contribution is 5.91. The van der Waals surface area contributed by atoms with E-state index < -0.39 is 0 Å². The van der Waals surface area contributed by atoms with Crippen molar-refractivity contribution < 1.29 is 4.79 Å². The number of carbonyl (C=O) groups is 1. The van der Waals surface area contributed by atoms with Crippen LogP contribution in [0.5, 0.6) is 0 Å². The van der Waals surface area contributed by atoms with Gasteiger partial charge in [-0.2, -0.15) is 5.26 Å². The van der Waals surface area contributed by atoms with E-state index in [2.05, 4.69) is 23.6 Å². The Hall–Kier alpha value is -2.80. The number of nitrogens with one attached hydrogen (secondary N) is 2. The van der Waals surface area contributed by atoms with E-state index in [9.17, 15) is 4.79 Å². The molecule has 0 atom stereocenters. The number of amides is 1. The summed E-state index contributed by atoms with van der Waals surface area (Å²) in [5.41, 5.74) is 3.46. The lowest BCUT2D eigenvalue weighted by atomic mass is 10.1. The van der Waals surface area contributed by atoms with Crippen LogP contribution in [0, 0.1) is 11.3 Å². The van der Waals surface area contributed by atoms with Gasteiger partial charge in [0.05, 0.1) is 11.6 Å². The standard InChI is InChI=1S/C18H19N3O/c1-2-15-7-3-4-9-17(15)21-18(22)10-11-20-16-8-5-6-14(12-16)13-19/h3-9,12,20H,2,10-11H2,1H3,(H,21,22). The SMILES string of the molecule is CCc1ccccc1NC(=O)CCNc1cccc(C#N)c1.